The fraction of sp³-hybridized carbons (Fsp3) is 0.333. The van der Waals surface area contributed by atoms with Crippen LogP contribution in [0.25, 0.3) is 10.8 Å². The van der Waals surface area contributed by atoms with E-state index in [0.29, 0.717) is 0 Å². The summed E-state index contributed by atoms with van der Waals surface area (Å²) in [7, 11) is 0. The molecule has 1 N–H and O–H groups in total. The van der Waals surface area contributed by atoms with Gasteiger partial charge in [0.2, 0.25) is 0 Å². The van der Waals surface area contributed by atoms with Gasteiger partial charge in [-0.2, -0.15) is 0 Å². The highest BCUT2D eigenvalue weighted by Gasteiger charge is 2.26. The van der Waals surface area contributed by atoms with Gasteiger partial charge in [-0.15, -0.1) is 0 Å². The van der Waals surface area contributed by atoms with Crippen molar-refractivity contribution in [3.05, 3.63) is 41.5 Å². The van der Waals surface area contributed by atoms with Crippen LogP contribution >= 0.6 is 0 Å². The minimum Gasteiger partial charge on any atom is -0.385 e. The standard InChI is InChI=1S/C15H15N/c1-2-10-4-5-12-8-9-16-13-7-6-11(3-1)14(10)15(12)13/h1-3,6-7,12,16H,4-5,8-9H2. The second-order valence-electron chi connectivity index (χ2n) is 4.99. The average molecular weight is 209 g/mol. The summed E-state index contributed by atoms with van der Waals surface area (Å²) in [6, 6.07) is 11.3. The molecular formula is C15H15N. The molecule has 1 aliphatic carbocycles. The van der Waals surface area contributed by atoms with Crippen molar-refractivity contribution in [2.24, 2.45) is 0 Å². The Hall–Kier alpha value is -1.50. The number of rotatable bonds is 0. The number of anilines is 1. The molecule has 0 bridgehead atoms. The third kappa shape index (κ3) is 1.01. The monoisotopic (exact) mass is 209 g/mol. The van der Waals surface area contributed by atoms with E-state index in [9.17, 15) is 0 Å². The maximum absolute atomic E-state index is 3.55. The lowest BCUT2D eigenvalue weighted by Gasteiger charge is -2.32. The lowest BCUT2D eigenvalue weighted by molar-refractivity contribution is 0.573. The minimum absolute atomic E-state index is 0.801. The Balaban J connectivity index is 2.17. The summed E-state index contributed by atoms with van der Waals surface area (Å²) in [5.74, 6) is 0.801. The predicted molar refractivity (Wildman–Crippen MR) is 68.1 cm³/mol. The largest absolute Gasteiger partial charge is 0.385 e. The summed E-state index contributed by atoms with van der Waals surface area (Å²) >= 11 is 0. The van der Waals surface area contributed by atoms with E-state index in [1.165, 1.54) is 30.3 Å². The molecule has 4 rings (SSSR count). The van der Waals surface area contributed by atoms with Crippen molar-refractivity contribution in [2.75, 3.05) is 11.9 Å². The van der Waals surface area contributed by atoms with Gasteiger partial charge in [-0.05, 0) is 53.1 Å². The van der Waals surface area contributed by atoms with Crippen LogP contribution in [0.3, 0.4) is 0 Å². The summed E-state index contributed by atoms with van der Waals surface area (Å²) in [4.78, 5) is 0. The zero-order valence-electron chi connectivity index (χ0n) is 9.29. The molecule has 2 aromatic rings. The molecule has 0 saturated carbocycles. The van der Waals surface area contributed by atoms with Crippen LogP contribution in [0.2, 0.25) is 0 Å². The van der Waals surface area contributed by atoms with Gasteiger partial charge >= 0.3 is 0 Å². The smallest absolute Gasteiger partial charge is 0.0382 e. The van der Waals surface area contributed by atoms with E-state index >= 15 is 0 Å². The molecule has 1 heteroatoms. The predicted octanol–water partition coefficient (Wildman–Crippen LogP) is 3.69. The number of hydrogen-bond donors (Lipinski definition) is 1. The Morgan fingerprint density at radius 1 is 1.06 bits per heavy atom. The van der Waals surface area contributed by atoms with Crippen LogP contribution in [-0.4, -0.2) is 6.54 Å². The third-order valence-electron chi connectivity index (χ3n) is 4.15. The second kappa shape index (κ2) is 3.00. The summed E-state index contributed by atoms with van der Waals surface area (Å²) in [6.45, 7) is 1.14. The molecule has 2 aromatic carbocycles. The van der Waals surface area contributed by atoms with Gasteiger partial charge in [0.1, 0.15) is 0 Å². The molecule has 0 spiro atoms. The van der Waals surface area contributed by atoms with E-state index < -0.39 is 0 Å². The summed E-state index contributed by atoms with van der Waals surface area (Å²) in [6.07, 6.45) is 3.91. The van der Waals surface area contributed by atoms with Gasteiger partial charge < -0.3 is 5.32 Å². The van der Waals surface area contributed by atoms with Crippen molar-refractivity contribution >= 4 is 16.5 Å². The first kappa shape index (κ1) is 8.63. The normalized spacial score (nSPS) is 21.9. The SMILES string of the molecule is c1cc2c3c4c(ccc3c1)NCCC4CC2. The van der Waals surface area contributed by atoms with Crippen molar-refractivity contribution in [1.82, 2.24) is 0 Å². The molecule has 1 heterocycles. The van der Waals surface area contributed by atoms with Crippen molar-refractivity contribution in [1.29, 1.82) is 0 Å². The van der Waals surface area contributed by atoms with Crippen LogP contribution < -0.4 is 5.32 Å². The lowest BCUT2D eigenvalue weighted by Crippen LogP contribution is -2.20. The first-order valence-electron chi connectivity index (χ1n) is 6.22. The zero-order valence-corrected chi connectivity index (χ0v) is 9.29. The van der Waals surface area contributed by atoms with Crippen LogP contribution in [0.1, 0.15) is 29.9 Å². The van der Waals surface area contributed by atoms with E-state index in [1.807, 2.05) is 0 Å². The van der Waals surface area contributed by atoms with Gasteiger partial charge in [0, 0.05) is 12.2 Å². The van der Waals surface area contributed by atoms with Crippen LogP contribution in [0.15, 0.2) is 30.3 Å². The van der Waals surface area contributed by atoms with Gasteiger partial charge in [-0.3, -0.25) is 0 Å². The molecule has 1 aliphatic heterocycles. The van der Waals surface area contributed by atoms with Crippen LogP contribution in [0.4, 0.5) is 5.69 Å². The average Bonchev–Trinajstić information content (AvgIpc) is 2.36. The number of aryl methyl sites for hydroxylation is 1. The molecule has 1 unspecified atom stereocenters. The van der Waals surface area contributed by atoms with E-state index in [-0.39, 0.29) is 0 Å². The number of nitrogens with one attached hydrogen (secondary N) is 1. The van der Waals surface area contributed by atoms with Crippen LogP contribution in [-0.2, 0) is 6.42 Å². The van der Waals surface area contributed by atoms with E-state index in [0.717, 1.165) is 12.5 Å². The highest BCUT2D eigenvalue weighted by atomic mass is 14.9. The highest BCUT2D eigenvalue weighted by Crippen LogP contribution is 2.44. The zero-order chi connectivity index (χ0) is 10.5. The molecule has 16 heavy (non-hydrogen) atoms. The molecule has 0 saturated heterocycles. The molecule has 1 atom stereocenters. The van der Waals surface area contributed by atoms with E-state index in [2.05, 4.69) is 35.6 Å². The molecule has 0 radical (unpaired) electrons. The first-order chi connectivity index (χ1) is 7.93. The van der Waals surface area contributed by atoms with Crippen molar-refractivity contribution in [3.63, 3.8) is 0 Å². The van der Waals surface area contributed by atoms with Gasteiger partial charge in [0.25, 0.3) is 0 Å². The maximum atomic E-state index is 3.55. The Kier molecular flexibility index (Phi) is 1.62. The lowest BCUT2D eigenvalue weighted by atomic mass is 9.77. The summed E-state index contributed by atoms with van der Waals surface area (Å²) < 4.78 is 0. The Morgan fingerprint density at radius 3 is 3.06 bits per heavy atom. The molecule has 0 amide bonds. The number of benzene rings is 2. The van der Waals surface area contributed by atoms with Crippen molar-refractivity contribution in [3.8, 4) is 0 Å². The van der Waals surface area contributed by atoms with Gasteiger partial charge in [0.15, 0.2) is 0 Å². The molecule has 0 aromatic heterocycles. The maximum Gasteiger partial charge on any atom is 0.0382 e. The van der Waals surface area contributed by atoms with Crippen LogP contribution in [0.5, 0.6) is 0 Å². The fourth-order valence-corrected chi connectivity index (χ4v) is 3.42. The summed E-state index contributed by atoms with van der Waals surface area (Å²) in [5.41, 5.74) is 4.54. The van der Waals surface area contributed by atoms with E-state index in [1.54, 1.807) is 16.5 Å². The first-order valence-corrected chi connectivity index (χ1v) is 6.22. The van der Waals surface area contributed by atoms with Gasteiger partial charge in [-0.1, -0.05) is 24.3 Å². The highest BCUT2D eigenvalue weighted by molar-refractivity contribution is 5.94. The van der Waals surface area contributed by atoms with Crippen molar-refractivity contribution in [2.45, 2.75) is 25.2 Å². The Labute approximate surface area is 95.5 Å². The molecule has 0 fully saturated rings. The van der Waals surface area contributed by atoms with Crippen molar-refractivity contribution < 1.29 is 0 Å². The summed E-state index contributed by atoms with van der Waals surface area (Å²) in [5, 5.41) is 6.51. The topological polar surface area (TPSA) is 12.0 Å². The minimum atomic E-state index is 0.801. The second-order valence-corrected chi connectivity index (χ2v) is 4.99. The van der Waals surface area contributed by atoms with Gasteiger partial charge in [-0.25, -0.2) is 0 Å². The van der Waals surface area contributed by atoms with Gasteiger partial charge in [0.05, 0.1) is 0 Å². The molecular weight excluding hydrogens is 194 g/mol. The van der Waals surface area contributed by atoms with E-state index in [4.69, 9.17) is 0 Å². The van der Waals surface area contributed by atoms with Crippen LogP contribution in [0, 0.1) is 0 Å². The third-order valence-corrected chi connectivity index (χ3v) is 4.15. The molecule has 1 nitrogen and oxygen atoms in total. The number of hydrogen-bond acceptors (Lipinski definition) is 1. The fourth-order valence-electron chi connectivity index (χ4n) is 3.42. The molecule has 2 aliphatic rings. The quantitative estimate of drug-likeness (QED) is 0.697. The Morgan fingerprint density at radius 2 is 2.06 bits per heavy atom. The Bertz CT molecular complexity index is 571. The molecule has 80 valence electrons.